The summed E-state index contributed by atoms with van der Waals surface area (Å²) in [4.78, 5) is 45.5. The molecule has 1 N–H and O–H groups in total. The zero-order chi connectivity index (χ0) is 30.0. The van der Waals surface area contributed by atoms with Crippen molar-refractivity contribution < 1.29 is 37.0 Å². The molecule has 0 saturated heterocycles. The summed E-state index contributed by atoms with van der Waals surface area (Å²) in [6.07, 6.45) is 7.10. The lowest BCUT2D eigenvalue weighted by Gasteiger charge is -2.29. The Balaban J connectivity index is 1.30. The number of benzene rings is 1. The molecule has 0 bridgehead atoms. The van der Waals surface area contributed by atoms with E-state index in [0.29, 0.717) is 25.0 Å². The van der Waals surface area contributed by atoms with Gasteiger partial charge in [0.2, 0.25) is 0 Å². The number of sulfonamides is 1. The molecular formula is C29H30N4O8S. The van der Waals surface area contributed by atoms with E-state index in [0.717, 1.165) is 23.6 Å². The summed E-state index contributed by atoms with van der Waals surface area (Å²) in [5, 5.41) is 2.53. The first kappa shape index (κ1) is 30.2. The van der Waals surface area contributed by atoms with Crippen molar-refractivity contribution in [3.8, 4) is 0 Å². The minimum Gasteiger partial charge on any atom is -0.462 e. The summed E-state index contributed by atoms with van der Waals surface area (Å²) in [7, 11) is -2.90. The first-order valence-corrected chi connectivity index (χ1v) is 14.7. The number of hydrogen-bond donors (Lipinski definition) is 1. The molecule has 220 valence electrons. The van der Waals surface area contributed by atoms with E-state index in [1.807, 2.05) is 0 Å². The molecular weight excluding hydrogens is 564 g/mol. The number of fused-ring (bicyclic) bond motifs is 1. The van der Waals surface area contributed by atoms with Gasteiger partial charge in [-0.05, 0) is 49.2 Å². The Labute approximate surface area is 243 Å². The number of hydrogen-bond acceptors (Lipinski definition) is 10. The van der Waals surface area contributed by atoms with Gasteiger partial charge in [0.25, 0.3) is 15.9 Å². The number of carbonyl (C=O) groups is 3. The molecule has 2 aromatic heterocycles. The second kappa shape index (κ2) is 14.2. The smallest absolute Gasteiger partial charge is 0.462 e. The number of aromatic nitrogens is 2. The molecule has 0 aliphatic carbocycles. The molecule has 1 aliphatic rings. The Morgan fingerprint density at radius 2 is 1.57 bits per heavy atom. The van der Waals surface area contributed by atoms with E-state index in [2.05, 4.69) is 15.3 Å². The highest BCUT2D eigenvalue weighted by Gasteiger charge is 2.40. The largest absolute Gasteiger partial charge is 0.513 e. The van der Waals surface area contributed by atoms with Gasteiger partial charge < -0.3 is 19.5 Å². The Morgan fingerprint density at radius 3 is 2.29 bits per heavy atom. The van der Waals surface area contributed by atoms with Crippen molar-refractivity contribution in [2.24, 2.45) is 0 Å². The van der Waals surface area contributed by atoms with Gasteiger partial charge in [-0.1, -0.05) is 37.5 Å². The van der Waals surface area contributed by atoms with Gasteiger partial charge in [0.15, 0.2) is 11.5 Å². The monoisotopic (exact) mass is 594 g/mol. The summed E-state index contributed by atoms with van der Waals surface area (Å²) in [5.41, 5.74) is 0.0757. The molecule has 0 saturated carbocycles. The number of pyridine rings is 2. The molecule has 0 fully saturated rings. The molecule has 3 heterocycles. The van der Waals surface area contributed by atoms with Gasteiger partial charge in [-0.2, -0.15) is 0 Å². The average molecular weight is 595 g/mol. The van der Waals surface area contributed by atoms with Crippen LogP contribution in [0.1, 0.15) is 48.0 Å². The van der Waals surface area contributed by atoms with Gasteiger partial charge in [-0.3, -0.25) is 14.1 Å². The molecule has 1 amide bonds. The van der Waals surface area contributed by atoms with Crippen LogP contribution >= 0.6 is 0 Å². The van der Waals surface area contributed by atoms with Crippen molar-refractivity contribution in [3.05, 3.63) is 90.0 Å². The fourth-order valence-corrected chi connectivity index (χ4v) is 5.50. The topological polar surface area (TPSA) is 154 Å². The second-order valence-electron chi connectivity index (χ2n) is 9.16. The van der Waals surface area contributed by atoms with Crippen molar-refractivity contribution in [3.63, 3.8) is 0 Å². The number of unbranched alkanes of at least 4 members (excludes halogenated alkanes) is 4. The number of rotatable bonds is 12. The van der Waals surface area contributed by atoms with Crippen LogP contribution in [0.25, 0.3) is 5.76 Å². The van der Waals surface area contributed by atoms with Gasteiger partial charge in [0.05, 0.1) is 23.7 Å². The van der Waals surface area contributed by atoms with Crippen LogP contribution in [0.4, 0.5) is 10.6 Å². The van der Waals surface area contributed by atoms with E-state index in [4.69, 9.17) is 14.2 Å². The summed E-state index contributed by atoms with van der Waals surface area (Å²) >= 11 is 0. The standard InChI is InChI=1S/C29H30N4O8S/c1-33-25(27(34)32-24-15-7-8-17-31-24)26(22-13-5-6-14-23(22)42(33,37)38)41-29(36)40-19-10-4-2-3-9-18-39-28(35)21-12-11-16-30-20-21/h5-8,11-17,20H,2-4,9-10,18-19H2,1H3,(H,31,32,34). The third-order valence-electron chi connectivity index (χ3n) is 6.25. The molecule has 1 aromatic carbocycles. The van der Waals surface area contributed by atoms with Crippen molar-refractivity contribution in [1.82, 2.24) is 14.3 Å². The predicted octanol–water partition coefficient (Wildman–Crippen LogP) is 4.38. The first-order chi connectivity index (χ1) is 20.3. The molecule has 0 spiro atoms. The molecule has 3 aromatic rings. The molecule has 1 aliphatic heterocycles. The van der Waals surface area contributed by atoms with Gasteiger partial charge in [0, 0.05) is 31.2 Å². The maximum atomic E-state index is 13.2. The fraction of sp³-hybridized carbons (Fsp3) is 0.276. The number of anilines is 1. The molecule has 12 nitrogen and oxygen atoms in total. The van der Waals surface area contributed by atoms with Crippen LogP contribution in [-0.2, 0) is 29.0 Å². The predicted molar refractivity (Wildman–Crippen MR) is 151 cm³/mol. The van der Waals surface area contributed by atoms with E-state index in [1.54, 1.807) is 36.5 Å². The van der Waals surface area contributed by atoms with Crippen molar-refractivity contribution in [2.75, 3.05) is 25.6 Å². The maximum Gasteiger partial charge on any atom is 0.513 e. The Kier molecular flexibility index (Phi) is 10.2. The number of nitrogens with one attached hydrogen (secondary N) is 1. The molecule has 0 unspecified atom stereocenters. The number of carbonyl (C=O) groups excluding carboxylic acids is 3. The zero-order valence-corrected chi connectivity index (χ0v) is 23.7. The van der Waals surface area contributed by atoms with Gasteiger partial charge >= 0.3 is 12.1 Å². The Morgan fingerprint density at radius 1 is 0.857 bits per heavy atom. The van der Waals surface area contributed by atoms with Gasteiger partial charge in [0.1, 0.15) is 5.82 Å². The summed E-state index contributed by atoms with van der Waals surface area (Å²) in [6, 6.07) is 14.1. The normalized spacial score (nSPS) is 13.6. The quantitative estimate of drug-likeness (QED) is 0.236. The minimum atomic E-state index is -4.10. The highest BCUT2D eigenvalue weighted by atomic mass is 32.2. The van der Waals surface area contributed by atoms with E-state index >= 15 is 0 Å². The molecule has 0 radical (unpaired) electrons. The third kappa shape index (κ3) is 7.49. The van der Waals surface area contributed by atoms with Crippen LogP contribution < -0.4 is 5.32 Å². The molecule has 42 heavy (non-hydrogen) atoms. The van der Waals surface area contributed by atoms with E-state index in [9.17, 15) is 22.8 Å². The maximum absolute atomic E-state index is 13.2. The number of amides is 1. The number of ether oxygens (including phenoxy) is 3. The lowest BCUT2D eigenvalue weighted by Crippen LogP contribution is -2.38. The lowest BCUT2D eigenvalue weighted by atomic mass is 10.1. The zero-order valence-electron chi connectivity index (χ0n) is 22.9. The van der Waals surface area contributed by atoms with Crippen LogP contribution in [0.2, 0.25) is 0 Å². The van der Waals surface area contributed by atoms with E-state index in [1.165, 1.54) is 43.7 Å². The van der Waals surface area contributed by atoms with Gasteiger partial charge in [-0.25, -0.2) is 23.0 Å². The van der Waals surface area contributed by atoms with Crippen LogP contribution in [0.3, 0.4) is 0 Å². The van der Waals surface area contributed by atoms with E-state index in [-0.39, 0.29) is 34.3 Å². The van der Waals surface area contributed by atoms with Crippen LogP contribution in [0, 0.1) is 0 Å². The van der Waals surface area contributed by atoms with Gasteiger partial charge in [-0.15, -0.1) is 0 Å². The average Bonchev–Trinajstić information content (AvgIpc) is 3.00. The Hall–Kier alpha value is -4.78. The van der Waals surface area contributed by atoms with E-state index < -0.39 is 28.1 Å². The lowest BCUT2D eigenvalue weighted by molar-refractivity contribution is -0.113. The third-order valence-corrected chi connectivity index (χ3v) is 8.06. The number of esters is 1. The SMILES string of the molecule is CN1C(C(=O)Nc2ccccn2)=C(OC(=O)OCCCCCCCOC(=O)c2cccnc2)c2ccccc2S1(=O)=O. The van der Waals surface area contributed by atoms with Crippen LogP contribution in [0.15, 0.2) is 83.8 Å². The second-order valence-corrected chi connectivity index (χ2v) is 11.1. The van der Waals surface area contributed by atoms with Crippen molar-refractivity contribution >= 4 is 39.6 Å². The minimum absolute atomic E-state index is 0.0583. The number of likely N-dealkylation sites (N-methyl/N-ethyl adjacent to an activating group) is 1. The molecule has 13 heteroatoms. The van der Waals surface area contributed by atoms with Crippen LogP contribution in [0.5, 0.6) is 0 Å². The van der Waals surface area contributed by atoms with Crippen LogP contribution in [-0.4, -0.2) is 61.0 Å². The molecule has 0 atom stereocenters. The summed E-state index contributed by atoms with van der Waals surface area (Å²) in [5.74, 6) is -1.30. The highest BCUT2D eigenvalue weighted by molar-refractivity contribution is 7.89. The summed E-state index contributed by atoms with van der Waals surface area (Å²) < 4.78 is 42.9. The van der Waals surface area contributed by atoms with Crippen molar-refractivity contribution in [2.45, 2.75) is 37.0 Å². The molecule has 4 rings (SSSR count). The summed E-state index contributed by atoms with van der Waals surface area (Å²) in [6.45, 7) is 0.362. The highest BCUT2D eigenvalue weighted by Crippen LogP contribution is 2.37. The Bertz CT molecular complexity index is 1550. The number of nitrogens with zero attached hydrogens (tertiary/aromatic N) is 3. The first-order valence-electron chi connectivity index (χ1n) is 13.3. The fourth-order valence-electron chi connectivity index (χ4n) is 4.11. The van der Waals surface area contributed by atoms with Crippen molar-refractivity contribution in [1.29, 1.82) is 0 Å².